The number of piperidine rings is 1. The highest BCUT2D eigenvalue weighted by Gasteiger charge is 2.41. The van der Waals surface area contributed by atoms with Gasteiger partial charge in [0.15, 0.2) is 0 Å². The lowest BCUT2D eigenvalue weighted by molar-refractivity contribution is -0.179. The van der Waals surface area contributed by atoms with Crippen molar-refractivity contribution >= 4 is 63.5 Å². The predicted molar refractivity (Wildman–Crippen MR) is 146 cm³/mol. The molecule has 36 heavy (non-hydrogen) atoms. The molecule has 0 bridgehead atoms. The molecular weight excluding hydrogens is 530 g/mol. The number of nitrogens with zero attached hydrogens (tertiary/aromatic N) is 3. The van der Waals surface area contributed by atoms with Crippen LogP contribution in [0.1, 0.15) is 39.2 Å². The fraction of sp³-hybridized carbons (Fsp3) is 0.480. The quantitative estimate of drug-likeness (QED) is 0.300. The third-order valence-corrected chi connectivity index (χ3v) is 7.71. The van der Waals surface area contributed by atoms with Gasteiger partial charge in [0.05, 0.1) is 38.4 Å². The number of aromatic nitrogens is 2. The topological polar surface area (TPSA) is 45.1 Å². The van der Waals surface area contributed by atoms with Crippen molar-refractivity contribution in [3.63, 3.8) is 0 Å². The summed E-state index contributed by atoms with van der Waals surface area (Å²) in [4.78, 5) is 6.61. The van der Waals surface area contributed by atoms with Crippen LogP contribution < -0.4 is 14.9 Å². The van der Waals surface area contributed by atoms with E-state index in [9.17, 15) is 13.2 Å². The van der Waals surface area contributed by atoms with Crippen molar-refractivity contribution < 1.29 is 13.2 Å². The number of hydrogen-bond acceptors (Lipinski definition) is 5. The van der Waals surface area contributed by atoms with Gasteiger partial charge in [0, 0.05) is 31.4 Å². The summed E-state index contributed by atoms with van der Waals surface area (Å²) in [5.41, 5.74) is 4.04. The molecule has 1 fully saturated rings. The molecule has 0 amide bonds. The normalized spacial score (nSPS) is 15.6. The summed E-state index contributed by atoms with van der Waals surface area (Å²) < 4.78 is 44.6. The molecule has 1 aliphatic heterocycles. The number of anilines is 3. The van der Waals surface area contributed by atoms with Crippen molar-refractivity contribution in [3.8, 4) is 0 Å². The molecule has 2 N–H and O–H groups in total. The maximum absolute atomic E-state index is 13.1. The van der Waals surface area contributed by atoms with Crippen molar-refractivity contribution in [2.75, 3.05) is 23.3 Å². The third kappa shape index (κ3) is 6.36. The lowest BCUT2D eigenvalue weighted by Crippen LogP contribution is -2.39. The van der Waals surface area contributed by atoms with Crippen molar-refractivity contribution in [2.24, 2.45) is 13.0 Å². The van der Waals surface area contributed by atoms with Crippen LogP contribution in [0, 0.1) is 5.92 Å². The summed E-state index contributed by atoms with van der Waals surface area (Å²) in [5.74, 6) is -0.670. The lowest BCUT2D eigenvalue weighted by Gasteiger charge is -2.34. The monoisotopic (exact) mass is 559 g/mol. The second-order valence-corrected chi connectivity index (χ2v) is 12.6. The lowest BCUT2D eigenvalue weighted by atomic mass is 9.96. The first kappa shape index (κ1) is 27.2. The van der Waals surface area contributed by atoms with Crippen LogP contribution in [-0.4, -0.2) is 33.6 Å². The Morgan fingerprint density at radius 3 is 2.39 bits per heavy atom. The fourth-order valence-electron chi connectivity index (χ4n) is 4.24. The van der Waals surface area contributed by atoms with Crippen molar-refractivity contribution in [1.29, 1.82) is 0 Å². The van der Waals surface area contributed by atoms with Crippen LogP contribution in [-0.2, 0) is 13.6 Å². The number of fused-ring (bicyclic) bond motifs is 1. The summed E-state index contributed by atoms with van der Waals surface area (Å²) in [6.07, 6.45) is -4.02. The molecule has 2 heterocycles. The first-order valence-corrected chi connectivity index (χ1v) is 13.3. The Morgan fingerprint density at radius 2 is 1.75 bits per heavy atom. The van der Waals surface area contributed by atoms with E-state index < -0.39 is 12.1 Å². The Labute approximate surface area is 223 Å². The van der Waals surface area contributed by atoms with Gasteiger partial charge < -0.3 is 14.8 Å². The van der Waals surface area contributed by atoms with E-state index in [2.05, 4.69) is 35.8 Å². The van der Waals surface area contributed by atoms with Crippen LogP contribution in [0.5, 0.6) is 0 Å². The predicted octanol–water partition coefficient (Wildman–Crippen LogP) is 7.94. The minimum Gasteiger partial charge on any atom is -0.370 e. The molecule has 0 aliphatic carbocycles. The SMILES string of the molecule is Cn1c(Nc2cc(CNSC(C)(C)C)ccc2Cl)nc2cc(Cl)c(N3CCC(C(F)(F)F)CC3)cc21. The average Bonchev–Trinajstić information content (AvgIpc) is 3.08. The molecule has 0 unspecified atom stereocenters. The highest BCUT2D eigenvalue weighted by Crippen LogP contribution is 2.39. The molecule has 2 aromatic carbocycles. The van der Waals surface area contributed by atoms with Crippen LogP contribution in [0.3, 0.4) is 0 Å². The van der Waals surface area contributed by atoms with Gasteiger partial charge in [0.1, 0.15) is 0 Å². The molecule has 11 heteroatoms. The zero-order valence-corrected chi connectivity index (χ0v) is 23.0. The number of hydrogen-bond donors (Lipinski definition) is 2. The van der Waals surface area contributed by atoms with Gasteiger partial charge in [-0.1, -0.05) is 41.2 Å². The Bertz CT molecular complexity index is 1230. The number of halogens is 5. The molecule has 0 saturated carbocycles. The van der Waals surface area contributed by atoms with E-state index in [0.29, 0.717) is 41.1 Å². The second-order valence-electron chi connectivity index (χ2n) is 10.1. The third-order valence-electron chi connectivity index (χ3n) is 6.18. The summed E-state index contributed by atoms with van der Waals surface area (Å²) in [5, 5.41) is 4.36. The molecule has 196 valence electrons. The maximum Gasteiger partial charge on any atom is 0.391 e. The fourth-order valence-corrected chi connectivity index (χ4v) is 5.35. The van der Waals surface area contributed by atoms with Crippen LogP contribution in [0.4, 0.5) is 30.5 Å². The molecule has 1 aliphatic rings. The van der Waals surface area contributed by atoms with Crippen LogP contribution in [0.25, 0.3) is 11.0 Å². The number of benzene rings is 2. The molecule has 0 radical (unpaired) electrons. The summed E-state index contributed by atoms with van der Waals surface area (Å²) in [7, 11) is 1.88. The molecule has 1 aromatic heterocycles. The van der Waals surface area contributed by atoms with E-state index >= 15 is 0 Å². The molecule has 5 nitrogen and oxygen atoms in total. The van der Waals surface area contributed by atoms with Gasteiger partial charge in [0.2, 0.25) is 5.95 Å². The number of nitrogens with one attached hydrogen (secondary N) is 2. The van der Waals surface area contributed by atoms with Crippen molar-refractivity contribution in [2.45, 2.75) is 51.1 Å². The number of aryl methyl sites for hydroxylation is 1. The Balaban J connectivity index is 1.54. The van der Waals surface area contributed by atoms with Crippen molar-refractivity contribution in [3.05, 3.63) is 45.9 Å². The van der Waals surface area contributed by atoms with Crippen LogP contribution in [0.15, 0.2) is 30.3 Å². The second kappa shape index (κ2) is 10.5. The van der Waals surface area contributed by atoms with Gasteiger partial charge in [0.25, 0.3) is 0 Å². The van der Waals surface area contributed by atoms with Gasteiger partial charge in [-0.3, -0.25) is 4.72 Å². The van der Waals surface area contributed by atoms with Gasteiger partial charge in [-0.05, 0) is 63.4 Å². The smallest absolute Gasteiger partial charge is 0.370 e. The first-order chi connectivity index (χ1) is 16.8. The van der Waals surface area contributed by atoms with E-state index in [1.165, 1.54) is 0 Å². The minimum absolute atomic E-state index is 0.0635. The van der Waals surface area contributed by atoms with E-state index in [-0.39, 0.29) is 17.6 Å². The Hall–Kier alpha value is -1.81. The highest BCUT2D eigenvalue weighted by atomic mass is 35.5. The summed E-state index contributed by atoms with van der Waals surface area (Å²) >= 11 is 14.7. The van der Waals surface area contributed by atoms with Gasteiger partial charge in [-0.15, -0.1) is 0 Å². The van der Waals surface area contributed by atoms with Gasteiger partial charge in [-0.25, -0.2) is 4.98 Å². The zero-order valence-electron chi connectivity index (χ0n) is 20.6. The van der Waals surface area contributed by atoms with Gasteiger partial charge in [-0.2, -0.15) is 13.2 Å². The molecule has 0 atom stereocenters. The van der Waals surface area contributed by atoms with E-state index in [1.54, 1.807) is 18.0 Å². The molecule has 3 aromatic rings. The molecule has 1 saturated heterocycles. The van der Waals surface area contributed by atoms with Crippen LogP contribution in [0.2, 0.25) is 10.0 Å². The number of imidazole rings is 1. The largest absolute Gasteiger partial charge is 0.391 e. The Morgan fingerprint density at radius 1 is 1.06 bits per heavy atom. The zero-order chi connectivity index (χ0) is 26.3. The average molecular weight is 561 g/mol. The van der Waals surface area contributed by atoms with Gasteiger partial charge >= 0.3 is 6.18 Å². The summed E-state index contributed by atoms with van der Waals surface area (Å²) in [6.45, 7) is 7.74. The van der Waals surface area contributed by atoms with Crippen LogP contribution >= 0.6 is 35.1 Å². The van der Waals surface area contributed by atoms with E-state index in [0.717, 1.165) is 22.5 Å². The van der Waals surface area contributed by atoms with Crippen molar-refractivity contribution in [1.82, 2.24) is 14.3 Å². The number of rotatable bonds is 6. The molecular formula is C25H30Cl2F3N5S. The maximum atomic E-state index is 13.1. The Kier molecular flexibility index (Phi) is 7.95. The number of alkyl halides is 3. The molecule has 0 spiro atoms. The summed E-state index contributed by atoms with van der Waals surface area (Å²) in [6, 6.07) is 9.48. The highest BCUT2D eigenvalue weighted by molar-refractivity contribution is 7.98. The van der Waals surface area contributed by atoms with E-state index in [4.69, 9.17) is 23.2 Å². The molecule has 4 rings (SSSR count). The van der Waals surface area contributed by atoms with E-state index in [1.807, 2.05) is 40.8 Å². The minimum atomic E-state index is -4.15. The standard InChI is InChI=1S/C25H30Cl2F3N5S/c1-24(2,3)36-31-14-15-5-6-17(26)19(11-15)32-23-33-20-12-18(27)21(13-22(20)34(23)4)35-9-7-16(8-10-35)25(28,29)30/h5-6,11-13,16,31H,7-10,14H2,1-4H3,(H,32,33). The first-order valence-electron chi connectivity index (χ1n) is 11.8.